The maximum absolute atomic E-state index is 12.0. The van der Waals surface area contributed by atoms with Crippen molar-refractivity contribution >= 4 is 14.1 Å². The number of esters is 1. The van der Waals surface area contributed by atoms with Gasteiger partial charge < -0.3 is 14.4 Å². The van der Waals surface area contributed by atoms with Gasteiger partial charge in [-0.25, -0.2) is 5.09 Å². The number of rotatable bonds is 8. The van der Waals surface area contributed by atoms with Gasteiger partial charge >= 0.3 is 5.97 Å². The van der Waals surface area contributed by atoms with Crippen molar-refractivity contribution < 1.29 is 23.7 Å². The van der Waals surface area contributed by atoms with E-state index in [1.54, 1.807) is 0 Å². The van der Waals surface area contributed by atoms with Crippen molar-refractivity contribution in [3.63, 3.8) is 0 Å². The normalized spacial score (nSPS) is 18.8. The first kappa shape index (κ1) is 17.6. The Morgan fingerprint density at radius 3 is 2.70 bits per heavy atom. The molecular weight excluding hydrogens is 283 g/mol. The molecule has 1 atom stereocenters. The standard InChI is InChI=1S/C12H25N2O5P/c1-12(2,3-5-14-6-9-18-10-7-14)11(15)19-8-4-13-20(16)17/h20H,3-10H2,1-2H3,(H2,13,16,17). The van der Waals surface area contributed by atoms with Gasteiger partial charge in [-0.3, -0.25) is 14.3 Å². The zero-order valence-electron chi connectivity index (χ0n) is 12.2. The molecule has 8 heteroatoms. The highest BCUT2D eigenvalue weighted by Crippen LogP contribution is 2.23. The molecule has 0 aliphatic carbocycles. The smallest absolute Gasteiger partial charge is 0.311 e. The van der Waals surface area contributed by atoms with Gasteiger partial charge in [-0.1, -0.05) is 0 Å². The largest absolute Gasteiger partial charge is 0.464 e. The van der Waals surface area contributed by atoms with Gasteiger partial charge in [0, 0.05) is 19.6 Å². The van der Waals surface area contributed by atoms with Gasteiger partial charge in [0.25, 0.3) is 8.18 Å². The average molecular weight is 308 g/mol. The first-order valence-electron chi connectivity index (χ1n) is 6.86. The highest BCUT2D eigenvalue weighted by molar-refractivity contribution is 7.35. The van der Waals surface area contributed by atoms with Crippen LogP contribution in [0.25, 0.3) is 0 Å². The van der Waals surface area contributed by atoms with Crippen LogP contribution in [0.3, 0.4) is 0 Å². The third-order valence-corrected chi connectivity index (χ3v) is 3.87. The lowest BCUT2D eigenvalue weighted by atomic mass is 9.89. The highest BCUT2D eigenvalue weighted by Gasteiger charge is 2.29. The number of hydrogen-bond donors (Lipinski definition) is 2. The summed E-state index contributed by atoms with van der Waals surface area (Å²) in [5.74, 6) is -0.273. The van der Waals surface area contributed by atoms with Crippen molar-refractivity contribution in [2.24, 2.45) is 5.41 Å². The van der Waals surface area contributed by atoms with E-state index >= 15 is 0 Å². The second-order valence-corrected chi connectivity index (χ2v) is 6.42. The Hall–Kier alpha value is -0.460. The summed E-state index contributed by atoms with van der Waals surface area (Å²) in [6, 6.07) is 0. The monoisotopic (exact) mass is 308 g/mol. The molecule has 1 aliphatic rings. The van der Waals surface area contributed by atoms with E-state index in [-0.39, 0.29) is 19.1 Å². The van der Waals surface area contributed by atoms with Crippen molar-refractivity contribution in [2.45, 2.75) is 20.3 Å². The van der Waals surface area contributed by atoms with E-state index in [2.05, 4.69) is 9.99 Å². The number of ether oxygens (including phenoxy) is 2. The van der Waals surface area contributed by atoms with Crippen LogP contribution in [0.4, 0.5) is 0 Å². The molecule has 1 unspecified atom stereocenters. The van der Waals surface area contributed by atoms with E-state index in [9.17, 15) is 9.36 Å². The summed E-state index contributed by atoms with van der Waals surface area (Å²) in [6.45, 7) is 8.16. The molecule has 1 rings (SSSR count). The summed E-state index contributed by atoms with van der Waals surface area (Å²) in [6.07, 6.45) is 0.718. The van der Waals surface area contributed by atoms with Crippen LogP contribution >= 0.6 is 8.18 Å². The zero-order valence-corrected chi connectivity index (χ0v) is 13.2. The Labute approximate surface area is 120 Å². The summed E-state index contributed by atoms with van der Waals surface area (Å²) in [4.78, 5) is 22.8. The third-order valence-electron chi connectivity index (χ3n) is 3.32. The average Bonchev–Trinajstić information content (AvgIpc) is 2.42. The highest BCUT2D eigenvalue weighted by atomic mass is 31.1. The van der Waals surface area contributed by atoms with Crippen LogP contribution in [0, 0.1) is 5.41 Å². The van der Waals surface area contributed by atoms with Crippen LogP contribution in [-0.2, 0) is 18.8 Å². The van der Waals surface area contributed by atoms with Gasteiger partial charge in [-0.2, -0.15) is 0 Å². The summed E-state index contributed by atoms with van der Waals surface area (Å²) >= 11 is 0. The Kier molecular flexibility index (Phi) is 7.69. The predicted octanol–water partition coefficient (Wildman–Crippen LogP) is 0.250. The number of nitrogens with zero attached hydrogens (tertiary/aromatic N) is 1. The molecule has 2 N–H and O–H groups in total. The number of carbonyl (C=O) groups excluding carboxylic acids is 1. The molecule has 0 radical (unpaired) electrons. The first-order valence-corrected chi connectivity index (χ1v) is 8.21. The molecule has 1 saturated heterocycles. The van der Waals surface area contributed by atoms with Crippen molar-refractivity contribution in [1.82, 2.24) is 9.99 Å². The number of nitrogens with one attached hydrogen (secondary N) is 1. The Bertz CT molecular complexity index is 332. The minimum atomic E-state index is -2.70. The van der Waals surface area contributed by atoms with E-state index in [1.807, 2.05) is 13.8 Å². The van der Waals surface area contributed by atoms with Gasteiger partial charge in [0.15, 0.2) is 0 Å². The second-order valence-electron chi connectivity index (χ2n) is 5.46. The van der Waals surface area contributed by atoms with E-state index < -0.39 is 13.6 Å². The van der Waals surface area contributed by atoms with E-state index in [0.717, 1.165) is 39.3 Å². The van der Waals surface area contributed by atoms with Gasteiger partial charge in [0.1, 0.15) is 6.61 Å². The quantitative estimate of drug-likeness (QED) is 0.377. The van der Waals surface area contributed by atoms with E-state index in [0.29, 0.717) is 0 Å². The number of hydrogen-bond acceptors (Lipinski definition) is 5. The first-order chi connectivity index (χ1) is 9.42. The van der Waals surface area contributed by atoms with Crippen LogP contribution in [0.15, 0.2) is 0 Å². The van der Waals surface area contributed by atoms with Crippen molar-refractivity contribution in [2.75, 3.05) is 46.0 Å². The van der Waals surface area contributed by atoms with Crippen molar-refractivity contribution in [3.8, 4) is 0 Å². The maximum atomic E-state index is 12.0. The Balaban J connectivity index is 2.23. The number of carbonyl (C=O) groups is 1. The van der Waals surface area contributed by atoms with Crippen LogP contribution in [0.1, 0.15) is 20.3 Å². The lowest BCUT2D eigenvalue weighted by molar-refractivity contribution is -0.154. The molecule has 0 aromatic heterocycles. The fraction of sp³-hybridized carbons (Fsp3) is 0.917. The Morgan fingerprint density at radius 1 is 1.45 bits per heavy atom. The SMILES string of the molecule is CC(C)(CCN1CCOCC1)C(=O)OCCN[PH](=O)O. The third kappa shape index (κ3) is 6.81. The number of morpholine rings is 1. The van der Waals surface area contributed by atoms with Crippen LogP contribution in [0.2, 0.25) is 0 Å². The molecule has 1 aliphatic heterocycles. The van der Waals surface area contributed by atoms with Crippen LogP contribution < -0.4 is 5.09 Å². The second kappa shape index (κ2) is 8.74. The molecule has 0 aromatic rings. The summed E-state index contributed by atoms with van der Waals surface area (Å²) in [7, 11) is -2.70. The molecule has 0 spiro atoms. The fourth-order valence-corrected chi connectivity index (χ4v) is 2.18. The summed E-state index contributed by atoms with van der Waals surface area (Å²) in [5.41, 5.74) is -0.553. The lowest BCUT2D eigenvalue weighted by Gasteiger charge is -2.30. The molecule has 0 saturated carbocycles. The maximum Gasteiger partial charge on any atom is 0.311 e. The van der Waals surface area contributed by atoms with Crippen LogP contribution in [0.5, 0.6) is 0 Å². The molecule has 7 nitrogen and oxygen atoms in total. The summed E-state index contributed by atoms with van der Waals surface area (Å²) < 4.78 is 20.8. The van der Waals surface area contributed by atoms with E-state index in [1.165, 1.54) is 0 Å². The fourth-order valence-electron chi connectivity index (χ4n) is 1.86. The zero-order chi connectivity index (χ0) is 15.0. The topological polar surface area (TPSA) is 88.1 Å². The Morgan fingerprint density at radius 2 is 2.10 bits per heavy atom. The van der Waals surface area contributed by atoms with Gasteiger partial charge in [-0.15, -0.1) is 0 Å². The summed E-state index contributed by atoms with van der Waals surface area (Å²) in [5, 5.41) is 2.34. The van der Waals surface area contributed by atoms with Crippen molar-refractivity contribution in [1.29, 1.82) is 0 Å². The molecule has 0 aromatic carbocycles. The molecule has 118 valence electrons. The molecule has 20 heavy (non-hydrogen) atoms. The van der Waals surface area contributed by atoms with Gasteiger partial charge in [-0.05, 0) is 26.8 Å². The lowest BCUT2D eigenvalue weighted by Crippen LogP contribution is -2.39. The molecular formula is C12H25N2O5P. The van der Waals surface area contributed by atoms with E-state index in [4.69, 9.17) is 14.4 Å². The van der Waals surface area contributed by atoms with Gasteiger partial charge in [0.05, 0.1) is 18.6 Å². The minimum Gasteiger partial charge on any atom is -0.464 e. The van der Waals surface area contributed by atoms with Crippen molar-refractivity contribution in [3.05, 3.63) is 0 Å². The molecule has 0 amide bonds. The molecule has 0 bridgehead atoms. The van der Waals surface area contributed by atoms with Gasteiger partial charge in [0.2, 0.25) is 0 Å². The van der Waals surface area contributed by atoms with Crippen LogP contribution in [-0.4, -0.2) is 61.8 Å². The molecule has 1 fully saturated rings. The predicted molar refractivity (Wildman–Crippen MR) is 75.8 cm³/mol. The minimum absolute atomic E-state index is 0.108. The molecule has 1 heterocycles.